The average molecular weight is 276 g/mol. The molecule has 108 valence electrons. The molecule has 0 aliphatic carbocycles. The van der Waals surface area contributed by atoms with Crippen LogP contribution in [0.5, 0.6) is 0 Å². The van der Waals surface area contributed by atoms with Crippen LogP contribution in [0.4, 0.5) is 5.69 Å². The number of benzene rings is 1. The highest BCUT2D eigenvalue weighted by molar-refractivity contribution is 6.01. The number of nitrogens with two attached hydrogens (primary N) is 1. The highest BCUT2D eigenvalue weighted by Gasteiger charge is 2.38. The zero-order valence-corrected chi connectivity index (χ0v) is 11.7. The first kappa shape index (κ1) is 14.5. The Morgan fingerprint density at radius 3 is 2.70 bits per heavy atom. The summed E-state index contributed by atoms with van der Waals surface area (Å²) >= 11 is 0. The Balaban J connectivity index is 2.31. The zero-order chi connectivity index (χ0) is 14.9. The van der Waals surface area contributed by atoms with E-state index >= 15 is 0 Å². The fourth-order valence-corrected chi connectivity index (χ4v) is 2.50. The Morgan fingerprint density at radius 2 is 2.10 bits per heavy atom. The Hall–Kier alpha value is -1.88. The lowest BCUT2D eigenvalue weighted by Gasteiger charge is -2.25. The van der Waals surface area contributed by atoms with Gasteiger partial charge >= 0.3 is 5.97 Å². The maximum absolute atomic E-state index is 12.5. The number of carboxylic acids is 1. The summed E-state index contributed by atoms with van der Waals surface area (Å²) in [4.78, 5) is 25.3. The third-order valence-electron chi connectivity index (χ3n) is 4.07. The van der Waals surface area contributed by atoms with E-state index in [2.05, 4.69) is 0 Å². The summed E-state index contributed by atoms with van der Waals surface area (Å²) in [5, 5.41) is 9.28. The smallest absolute Gasteiger partial charge is 0.312 e. The second-order valence-electron chi connectivity index (χ2n) is 5.31. The van der Waals surface area contributed by atoms with Gasteiger partial charge in [0.05, 0.1) is 6.04 Å². The van der Waals surface area contributed by atoms with Crippen LogP contribution in [-0.4, -0.2) is 29.6 Å². The molecule has 3 N–H and O–H groups in total. The molecule has 1 heterocycles. The van der Waals surface area contributed by atoms with E-state index in [1.54, 1.807) is 24.3 Å². The lowest BCUT2D eigenvalue weighted by molar-refractivity contribution is -0.138. The van der Waals surface area contributed by atoms with Crippen LogP contribution in [0.15, 0.2) is 24.3 Å². The maximum Gasteiger partial charge on any atom is 0.312 e. The van der Waals surface area contributed by atoms with Gasteiger partial charge in [0.2, 0.25) is 5.91 Å². The lowest BCUT2D eigenvalue weighted by atomic mass is 9.99. The van der Waals surface area contributed by atoms with E-state index in [9.17, 15) is 14.7 Å². The molecule has 0 spiro atoms. The van der Waals surface area contributed by atoms with Gasteiger partial charge in [-0.25, -0.2) is 0 Å². The van der Waals surface area contributed by atoms with E-state index in [-0.39, 0.29) is 18.4 Å². The summed E-state index contributed by atoms with van der Waals surface area (Å²) in [6, 6.07) is 6.53. The molecule has 0 bridgehead atoms. The minimum Gasteiger partial charge on any atom is -0.481 e. The lowest BCUT2D eigenvalue weighted by Crippen LogP contribution is -2.47. The fraction of sp³-hybridized carbons (Fsp3) is 0.467. The number of amides is 1. The van der Waals surface area contributed by atoms with Crippen LogP contribution in [0.2, 0.25) is 0 Å². The number of fused-ring (bicyclic) bond motifs is 1. The molecule has 1 aromatic rings. The van der Waals surface area contributed by atoms with E-state index < -0.39 is 17.9 Å². The van der Waals surface area contributed by atoms with Crippen LogP contribution in [0.25, 0.3) is 0 Å². The molecule has 0 saturated heterocycles. The van der Waals surface area contributed by atoms with E-state index in [1.165, 1.54) is 4.90 Å². The van der Waals surface area contributed by atoms with Crippen LogP contribution >= 0.6 is 0 Å². The zero-order valence-electron chi connectivity index (χ0n) is 11.7. The van der Waals surface area contributed by atoms with Gasteiger partial charge < -0.3 is 15.7 Å². The number of anilines is 1. The van der Waals surface area contributed by atoms with Crippen molar-refractivity contribution in [3.8, 4) is 0 Å². The summed E-state index contributed by atoms with van der Waals surface area (Å²) in [6.07, 6.45) is 0.810. The van der Waals surface area contributed by atoms with E-state index in [0.717, 1.165) is 6.42 Å². The molecular weight excluding hydrogens is 256 g/mol. The van der Waals surface area contributed by atoms with Gasteiger partial charge in [-0.3, -0.25) is 9.59 Å². The standard InChI is InChI=1S/C15H20N2O3/c1-3-9(2)13(16)14(18)17-8-11(15(19)20)10-6-4-5-7-12(10)17/h4-7,9,11,13H,3,8,16H2,1-2H3,(H,19,20)/t9?,11?,13-/m0/s1. The number of nitrogens with zero attached hydrogens (tertiary/aromatic N) is 1. The second kappa shape index (κ2) is 5.63. The number of hydrogen-bond acceptors (Lipinski definition) is 3. The van der Waals surface area contributed by atoms with Gasteiger partial charge in [-0.05, 0) is 17.5 Å². The van der Waals surface area contributed by atoms with Crippen molar-refractivity contribution in [3.05, 3.63) is 29.8 Å². The van der Waals surface area contributed by atoms with Gasteiger partial charge in [0, 0.05) is 12.2 Å². The Kier molecular flexibility index (Phi) is 4.09. The highest BCUT2D eigenvalue weighted by Crippen LogP contribution is 2.36. The van der Waals surface area contributed by atoms with E-state index in [0.29, 0.717) is 11.3 Å². The molecule has 0 saturated carbocycles. The fourth-order valence-electron chi connectivity index (χ4n) is 2.50. The maximum atomic E-state index is 12.5. The van der Waals surface area contributed by atoms with Crippen molar-refractivity contribution >= 4 is 17.6 Å². The molecule has 1 aliphatic rings. The third-order valence-corrected chi connectivity index (χ3v) is 4.07. The first-order valence-corrected chi connectivity index (χ1v) is 6.86. The number of carbonyl (C=O) groups excluding carboxylic acids is 1. The monoisotopic (exact) mass is 276 g/mol. The molecule has 5 heteroatoms. The number of carboxylic acid groups (broad SMARTS) is 1. The molecule has 0 aromatic heterocycles. The van der Waals surface area contributed by atoms with E-state index in [1.807, 2.05) is 13.8 Å². The molecule has 20 heavy (non-hydrogen) atoms. The summed E-state index contributed by atoms with van der Waals surface area (Å²) in [5.74, 6) is -1.71. The van der Waals surface area contributed by atoms with Gasteiger partial charge in [-0.1, -0.05) is 38.5 Å². The highest BCUT2D eigenvalue weighted by atomic mass is 16.4. The predicted octanol–water partition coefficient (Wildman–Crippen LogP) is 1.57. The van der Waals surface area contributed by atoms with Crippen LogP contribution in [-0.2, 0) is 9.59 Å². The molecule has 2 unspecified atom stereocenters. The Bertz CT molecular complexity index is 530. The van der Waals surface area contributed by atoms with Gasteiger partial charge in [0.1, 0.15) is 5.92 Å². The van der Waals surface area contributed by atoms with Crippen LogP contribution in [0.3, 0.4) is 0 Å². The van der Waals surface area contributed by atoms with Gasteiger partial charge in [0.25, 0.3) is 0 Å². The molecule has 2 rings (SSSR count). The SMILES string of the molecule is CCC(C)[C@H](N)C(=O)N1CC(C(=O)O)c2ccccc21. The number of aliphatic carboxylic acids is 1. The van der Waals surface area contributed by atoms with Crippen LogP contribution < -0.4 is 10.6 Å². The second-order valence-corrected chi connectivity index (χ2v) is 5.31. The third kappa shape index (κ3) is 2.41. The first-order chi connectivity index (χ1) is 9.47. The molecule has 1 aromatic carbocycles. The number of para-hydroxylation sites is 1. The Morgan fingerprint density at radius 1 is 1.45 bits per heavy atom. The van der Waals surface area contributed by atoms with Crippen molar-refractivity contribution in [1.82, 2.24) is 0 Å². The predicted molar refractivity (Wildman–Crippen MR) is 76.6 cm³/mol. The summed E-state index contributed by atoms with van der Waals surface area (Å²) in [5.41, 5.74) is 7.35. The van der Waals surface area contributed by atoms with Crippen molar-refractivity contribution < 1.29 is 14.7 Å². The van der Waals surface area contributed by atoms with Crippen molar-refractivity contribution in [2.45, 2.75) is 32.2 Å². The molecular formula is C15H20N2O3. The number of carbonyl (C=O) groups is 2. The molecule has 3 atom stereocenters. The van der Waals surface area contributed by atoms with E-state index in [4.69, 9.17) is 5.73 Å². The summed E-state index contributed by atoms with van der Waals surface area (Å²) in [6.45, 7) is 4.08. The van der Waals surface area contributed by atoms with Crippen molar-refractivity contribution in [3.63, 3.8) is 0 Å². The quantitative estimate of drug-likeness (QED) is 0.874. The molecule has 0 radical (unpaired) electrons. The van der Waals surface area contributed by atoms with Crippen molar-refractivity contribution in [2.75, 3.05) is 11.4 Å². The van der Waals surface area contributed by atoms with Crippen molar-refractivity contribution in [2.24, 2.45) is 11.7 Å². The summed E-state index contributed by atoms with van der Waals surface area (Å²) < 4.78 is 0. The number of hydrogen-bond donors (Lipinski definition) is 2. The Labute approximate surface area is 118 Å². The largest absolute Gasteiger partial charge is 0.481 e. The topological polar surface area (TPSA) is 83.6 Å². The van der Waals surface area contributed by atoms with Crippen molar-refractivity contribution in [1.29, 1.82) is 0 Å². The normalized spacial score (nSPS) is 20.4. The van der Waals surface area contributed by atoms with Crippen LogP contribution in [0, 0.1) is 5.92 Å². The van der Waals surface area contributed by atoms with Gasteiger partial charge in [-0.15, -0.1) is 0 Å². The average Bonchev–Trinajstić information content (AvgIpc) is 2.84. The molecule has 1 amide bonds. The van der Waals surface area contributed by atoms with Crippen LogP contribution in [0.1, 0.15) is 31.7 Å². The molecule has 0 fully saturated rings. The minimum atomic E-state index is -0.912. The number of rotatable bonds is 4. The minimum absolute atomic E-state index is 0.0681. The summed E-state index contributed by atoms with van der Waals surface area (Å²) in [7, 11) is 0. The first-order valence-electron chi connectivity index (χ1n) is 6.86. The van der Waals surface area contributed by atoms with Gasteiger partial charge in [0.15, 0.2) is 0 Å². The van der Waals surface area contributed by atoms with Gasteiger partial charge in [-0.2, -0.15) is 0 Å². The molecule has 5 nitrogen and oxygen atoms in total. The molecule has 1 aliphatic heterocycles.